The zero-order valence-corrected chi connectivity index (χ0v) is 11.8. The van der Waals surface area contributed by atoms with E-state index in [2.05, 4.69) is 18.7 Å². The normalized spacial score (nSPS) is 27.1. The van der Waals surface area contributed by atoms with Crippen molar-refractivity contribution in [2.75, 3.05) is 13.1 Å². The summed E-state index contributed by atoms with van der Waals surface area (Å²) in [6.45, 7) is 6.05. The molecular formula is C14H24ClNO. The first-order chi connectivity index (χ1) is 8.03. The Morgan fingerprint density at radius 2 is 1.82 bits per heavy atom. The van der Waals surface area contributed by atoms with Crippen LogP contribution in [0.3, 0.4) is 0 Å². The molecule has 1 unspecified atom stereocenters. The zero-order valence-electron chi connectivity index (χ0n) is 11.0. The summed E-state index contributed by atoms with van der Waals surface area (Å²) >= 11 is 6.13. The van der Waals surface area contributed by atoms with Crippen LogP contribution in [0.1, 0.15) is 52.4 Å². The van der Waals surface area contributed by atoms with E-state index in [1.54, 1.807) is 0 Å². The van der Waals surface area contributed by atoms with Crippen molar-refractivity contribution < 1.29 is 4.79 Å². The van der Waals surface area contributed by atoms with Crippen LogP contribution < -0.4 is 0 Å². The molecule has 1 saturated carbocycles. The highest BCUT2D eigenvalue weighted by atomic mass is 35.5. The molecule has 0 N–H and O–H groups in total. The Morgan fingerprint density at radius 3 is 2.29 bits per heavy atom. The van der Waals surface area contributed by atoms with Crippen LogP contribution in [0.25, 0.3) is 0 Å². The summed E-state index contributed by atoms with van der Waals surface area (Å²) in [5, 5.41) is 0.245. The molecule has 1 amide bonds. The first kappa shape index (κ1) is 13.2. The van der Waals surface area contributed by atoms with E-state index in [-0.39, 0.29) is 10.8 Å². The fourth-order valence-corrected chi connectivity index (χ4v) is 3.56. The largest absolute Gasteiger partial charge is 0.342 e. The van der Waals surface area contributed by atoms with E-state index < -0.39 is 0 Å². The highest BCUT2D eigenvalue weighted by Crippen LogP contribution is 2.40. The number of halogens is 1. The average Bonchev–Trinajstić information content (AvgIpc) is 2.76. The number of piperidine rings is 1. The maximum absolute atomic E-state index is 12.5. The lowest BCUT2D eigenvalue weighted by Gasteiger charge is -2.37. The highest BCUT2D eigenvalue weighted by molar-refractivity contribution is 6.20. The van der Waals surface area contributed by atoms with Gasteiger partial charge in [-0.2, -0.15) is 0 Å². The zero-order chi connectivity index (χ0) is 12.5. The van der Waals surface area contributed by atoms with Crippen LogP contribution in [0.4, 0.5) is 0 Å². The van der Waals surface area contributed by atoms with Gasteiger partial charge in [0.2, 0.25) is 5.91 Å². The summed E-state index contributed by atoms with van der Waals surface area (Å²) < 4.78 is 0. The molecule has 1 aliphatic carbocycles. The van der Waals surface area contributed by atoms with Crippen molar-refractivity contribution in [3.63, 3.8) is 0 Å². The van der Waals surface area contributed by atoms with E-state index in [4.69, 9.17) is 11.6 Å². The van der Waals surface area contributed by atoms with Crippen LogP contribution in [-0.2, 0) is 4.79 Å². The molecule has 2 aliphatic rings. The van der Waals surface area contributed by atoms with Gasteiger partial charge in [-0.3, -0.25) is 4.79 Å². The minimum Gasteiger partial charge on any atom is -0.342 e. The molecular weight excluding hydrogens is 234 g/mol. The molecule has 0 spiro atoms. The fourth-order valence-electron chi connectivity index (χ4n) is 3.31. The van der Waals surface area contributed by atoms with Crippen molar-refractivity contribution in [2.45, 2.75) is 57.7 Å². The number of hydrogen-bond acceptors (Lipinski definition) is 1. The Balaban J connectivity index is 1.90. The van der Waals surface area contributed by atoms with Gasteiger partial charge in [-0.05, 0) is 38.5 Å². The number of nitrogens with zero attached hydrogens (tertiary/aromatic N) is 1. The van der Waals surface area contributed by atoms with E-state index >= 15 is 0 Å². The molecule has 0 aromatic rings. The predicted octanol–water partition coefficient (Wildman–Crippen LogP) is 3.43. The van der Waals surface area contributed by atoms with Crippen molar-refractivity contribution in [3.05, 3.63) is 0 Å². The van der Waals surface area contributed by atoms with Crippen molar-refractivity contribution in [2.24, 2.45) is 11.3 Å². The molecule has 98 valence electrons. The van der Waals surface area contributed by atoms with Gasteiger partial charge in [-0.1, -0.05) is 19.8 Å². The molecule has 1 aliphatic heterocycles. The van der Waals surface area contributed by atoms with Gasteiger partial charge in [-0.15, -0.1) is 11.6 Å². The monoisotopic (exact) mass is 257 g/mol. The Hall–Kier alpha value is -0.240. The van der Waals surface area contributed by atoms with E-state index in [1.165, 1.54) is 12.8 Å². The standard InChI is InChI=1S/C14H24ClNO/c1-11(15)12-5-9-16(10-6-12)13(17)14(2)7-3-4-8-14/h11-12H,3-10H2,1-2H3. The number of hydrogen-bond donors (Lipinski definition) is 0. The molecule has 0 radical (unpaired) electrons. The third kappa shape index (κ3) is 2.78. The molecule has 2 nitrogen and oxygen atoms in total. The number of alkyl halides is 1. The SMILES string of the molecule is CC(Cl)C1CCN(C(=O)C2(C)CCCC2)CC1. The molecule has 1 atom stereocenters. The van der Waals surface area contributed by atoms with Crippen molar-refractivity contribution in [1.82, 2.24) is 4.90 Å². The van der Waals surface area contributed by atoms with E-state index in [9.17, 15) is 4.79 Å². The second-order valence-electron chi connectivity index (χ2n) is 6.07. The molecule has 0 aromatic carbocycles. The third-order valence-corrected chi connectivity index (χ3v) is 5.06. The third-order valence-electron chi connectivity index (χ3n) is 4.70. The van der Waals surface area contributed by atoms with Gasteiger partial charge in [-0.25, -0.2) is 0 Å². The summed E-state index contributed by atoms with van der Waals surface area (Å²) in [6.07, 6.45) is 6.75. The minimum absolute atomic E-state index is 0.0561. The van der Waals surface area contributed by atoms with Crippen LogP contribution in [0.15, 0.2) is 0 Å². The van der Waals surface area contributed by atoms with Gasteiger partial charge < -0.3 is 4.90 Å². The van der Waals surface area contributed by atoms with Crippen molar-refractivity contribution in [1.29, 1.82) is 0 Å². The number of likely N-dealkylation sites (tertiary alicyclic amines) is 1. The molecule has 0 bridgehead atoms. The van der Waals surface area contributed by atoms with Crippen LogP contribution in [0.2, 0.25) is 0 Å². The molecule has 17 heavy (non-hydrogen) atoms. The minimum atomic E-state index is -0.0561. The van der Waals surface area contributed by atoms with E-state index in [0.29, 0.717) is 11.8 Å². The molecule has 0 aromatic heterocycles. The van der Waals surface area contributed by atoms with Gasteiger partial charge in [0.1, 0.15) is 0 Å². The van der Waals surface area contributed by atoms with Crippen molar-refractivity contribution in [3.8, 4) is 0 Å². The molecule has 1 saturated heterocycles. The Kier molecular flexibility index (Phi) is 4.02. The number of carbonyl (C=O) groups excluding carboxylic acids is 1. The lowest BCUT2D eigenvalue weighted by molar-refractivity contribution is -0.142. The summed E-state index contributed by atoms with van der Waals surface area (Å²) in [7, 11) is 0. The maximum Gasteiger partial charge on any atom is 0.228 e. The van der Waals surface area contributed by atoms with E-state index in [1.807, 2.05) is 0 Å². The summed E-state index contributed by atoms with van der Waals surface area (Å²) in [5.41, 5.74) is -0.0561. The molecule has 3 heteroatoms. The summed E-state index contributed by atoms with van der Waals surface area (Å²) in [6, 6.07) is 0. The quantitative estimate of drug-likeness (QED) is 0.694. The summed E-state index contributed by atoms with van der Waals surface area (Å²) in [4.78, 5) is 14.6. The smallest absolute Gasteiger partial charge is 0.228 e. The van der Waals surface area contributed by atoms with E-state index in [0.717, 1.165) is 38.8 Å². The topological polar surface area (TPSA) is 20.3 Å². The lowest BCUT2D eigenvalue weighted by Crippen LogP contribution is -2.46. The Bertz CT molecular complexity index is 276. The predicted molar refractivity (Wildman–Crippen MR) is 71.2 cm³/mol. The fraction of sp³-hybridized carbons (Fsp3) is 0.929. The second kappa shape index (κ2) is 5.17. The number of amides is 1. The lowest BCUT2D eigenvalue weighted by atomic mass is 9.85. The van der Waals surface area contributed by atoms with Gasteiger partial charge in [0, 0.05) is 23.9 Å². The maximum atomic E-state index is 12.5. The number of rotatable bonds is 2. The number of carbonyl (C=O) groups is 1. The molecule has 2 fully saturated rings. The van der Waals surface area contributed by atoms with Crippen LogP contribution in [-0.4, -0.2) is 29.3 Å². The first-order valence-electron chi connectivity index (χ1n) is 6.96. The molecule has 2 rings (SSSR count). The average molecular weight is 258 g/mol. The Morgan fingerprint density at radius 1 is 1.29 bits per heavy atom. The van der Waals surface area contributed by atoms with Crippen LogP contribution >= 0.6 is 11.6 Å². The van der Waals surface area contributed by atoms with Gasteiger partial charge in [0.15, 0.2) is 0 Å². The Labute approximate surface area is 110 Å². The molecule has 1 heterocycles. The second-order valence-corrected chi connectivity index (χ2v) is 6.76. The van der Waals surface area contributed by atoms with Crippen molar-refractivity contribution >= 4 is 17.5 Å². The highest BCUT2D eigenvalue weighted by Gasteiger charge is 2.40. The van der Waals surface area contributed by atoms with Crippen LogP contribution in [0.5, 0.6) is 0 Å². The van der Waals surface area contributed by atoms with Gasteiger partial charge in [0.25, 0.3) is 0 Å². The summed E-state index contributed by atoms with van der Waals surface area (Å²) in [5.74, 6) is 0.993. The van der Waals surface area contributed by atoms with Gasteiger partial charge in [0.05, 0.1) is 0 Å². The first-order valence-corrected chi connectivity index (χ1v) is 7.40. The van der Waals surface area contributed by atoms with Crippen LogP contribution in [0, 0.1) is 11.3 Å². The van der Waals surface area contributed by atoms with Gasteiger partial charge >= 0.3 is 0 Å².